The van der Waals surface area contributed by atoms with Crippen molar-refractivity contribution in [3.63, 3.8) is 0 Å². The lowest BCUT2D eigenvalue weighted by Gasteiger charge is -2.10. The largest absolute Gasteiger partial charge is 0.352 e. The number of hydrogen-bond acceptors (Lipinski definition) is 2. The van der Waals surface area contributed by atoms with E-state index >= 15 is 0 Å². The molecule has 21 heavy (non-hydrogen) atoms. The summed E-state index contributed by atoms with van der Waals surface area (Å²) in [6.07, 6.45) is 1.09. The molecule has 3 nitrogen and oxygen atoms in total. The summed E-state index contributed by atoms with van der Waals surface area (Å²) in [5.41, 5.74) is 3.48. The van der Waals surface area contributed by atoms with Gasteiger partial charge in [0.05, 0.1) is 11.0 Å². The maximum Gasteiger partial charge on any atom is 0.204 e. The van der Waals surface area contributed by atoms with Gasteiger partial charge in [0.15, 0.2) is 0 Å². The Morgan fingerprint density at radius 2 is 1.86 bits per heavy atom. The molecule has 1 heterocycles. The highest BCUT2D eigenvalue weighted by Gasteiger charge is 2.09. The number of aromatic nitrogens is 2. The highest BCUT2D eigenvalue weighted by molar-refractivity contribution is 9.10. The number of fused-ring (bicyclic) bond motifs is 1. The van der Waals surface area contributed by atoms with Crippen molar-refractivity contribution in [3.8, 4) is 0 Å². The van der Waals surface area contributed by atoms with Gasteiger partial charge < -0.3 is 9.88 Å². The summed E-state index contributed by atoms with van der Waals surface area (Å²) in [5.74, 6) is 0.945. The van der Waals surface area contributed by atoms with Crippen molar-refractivity contribution in [3.05, 3.63) is 58.6 Å². The van der Waals surface area contributed by atoms with E-state index in [0.717, 1.165) is 35.4 Å². The first-order chi connectivity index (χ1) is 10.3. The number of aryl methyl sites for hydroxylation is 1. The molecular formula is C17H18BrN3. The minimum atomic E-state index is 0.778. The number of halogens is 1. The Balaban J connectivity index is 1.85. The average molecular weight is 344 g/mol. The lowest BCUT2D eigenvalue weighted by Crippen LogP contribution is -2.07. The lowest BCUT2D eigenvalue weighted by molar-refractivity contribution is 0.700. The molecule has 0 aliphatic rings. The van der Waals surface area contributed by atoms with Crippen LogP contribution in [0.5, 0.6) is 0 Å². The van der Waals surface area contributed by atoms with Crippen molar-refractivity contribution in [2.45, 2.75) is 26.4 Å². The molecule has 108 valence electrons. The van der Waals surface area contributed by atoms with E-state index in [1.54, 1.807) is 0 Å². The summed E-state index contributed by atoms with van der Waals surface area (Å²) in [5, 5.41) is 3.46. The molecule has 2 aromatic carbocycles. The molecule has 0 aliphatic heterocycles. The van der Waals surface area contributed by atoms with E-state index in [-0.39, 0.29) is 0 Å². The Bertz CT molecular complexity index is 731. The third-order valence-electron chi connectivity index (χ3n) is 3.47. The van der Waals surface area contributed by atoms with Crippen LogP contribution in [0.25, 0.3) is 11.0 Å². The van der Waals surface area contributed by atoms with Gasteiger partial charge in [-0.2, -0.15) is 0 Å². The van der Waals surface area contributed by atoms with Crippen molar-refractivity contribution in [1.82, 2.24) is 9.55 Å². The summed E-state index contributed by atoms with van der Waals surface area (Å²) in [6, 6.07) is 16.6. The Morgan fingerprint density at radius 1 is 1.10 bits per heavy atom. The minimum Gasteiger partial charge on any atom is -0.352 e. The zero-order valence-corrected chi connectivity index (χ0v) is 13.6. The number of nitrogens with one attached hydrogen (secondary N) is 1. The SMILES string of the molecule is CCCn1c(NCc2ccc(Br)cc2)nc2ccccc21. The zero-order valence-electron chi connectivity index (χ0n) is 12.0. The molecule has 0 aliphatic carbocycles. The van der Waals surface area contributed by atoms with Crippen LogP contribution < -0.4 is 5.32 Å². The van der Waals surface area contributed by atoms with Gasteiger partial charge in [-0.3, -0.25) is 0 Å². The fourth-order valence-electron chi connectivity index (χ4n) is 2.44. The number of rotatable bonds is 5. The van der Waals surface area contributed by atoms with Crippen molar-refractivity contribution < 1.29 is 0 Å². The van der Waals surface area contributed by atoms with Crippen LogP contribution in [-0.2, 0) is 13.1 Å². The number of imidazole rings is 1. The third kappa shape index (κ3) is 3.10. The van der Waals surface area contributed by atoms with E-state index < -0.39 is 0 Å². The first-order valence-corrected chi connectivity index (χ1v) is 8.01. The second-order valence-corrected chi connectivity index (χ2v) is 5.97. The van der Waals surface area contributed by atoms with Gasteiger partial charge in [-0.15, -0.1) is 0 Å². The summed E-state index contributed by atoms with van der Waals surface area (Å²) in [7, 11) is 0. The van der Waals surface area contributed by atoms with Gasteiger partial charge in [0.25, 0.3) is 0 Å². The molecule has 1 aromatic heterocycles. The quantitative estimate of drug-likeness (QED) is 0.719. The molecule has 3 rings (SSSR count). The number of hydrogen-bond donors (Lipinski definition) is 1. The molecule has 4 heteroatoms. The topological polar surface area (TPSA) is 29.9 Å². The Morgan fingerprint density at radius 3 is 2.62 bits per heavy atom. The number of nitrogens with zero attached hydrogens (tertiary/aromatic N) is 2. The van der Waals surface area contributed by atoms with Crippen LogP contribution in [0.1, 0.15) is 18.9 Å². The van der Waals surface area contributed by atoms with Gasteiger partial charge in [-0.1, -0.05) is 47.1 Å². The van der Waals surface area contributed by atoms with E-state index in [2.05, 4.69) is 75.2 Å². The van der Waals surface area contributed by atoms with Crippen LogP contribution in [-0.4, -0.2) is 9.55 Å². The normalized spacial score (nSPS) is 11.0. The van der Waals surface area contributed by atoms with E-state index in [1.165, 1.54) is 11.1 Å². The van der Waals surface area contributed by atoms with Crippen LogP contribution in [0.15, 0.2) is 53.0 Å². The Kier molecular flexibility index (Phi) is 4.25. The number of para-hydroxylation sites is 2. The van der Waals surface area contributed by atoms with Gasteiger partial charge in [0.1, 0.15) is 0 Å². The van der Waals surface area contributed by atoms with Crippen molar-refractivity contribution >= 4 is 32.9 Å². The second-order valence-electron chi connectivity index (χ2n) is 5.06. The fourth-order valence-corrected chi connectivity index (χ4v) is 2.71. The van der Waals surface area contributed by atoms with Crippen molar-refractivity contribution in [1.29, 1.82) is 0 Å². The molecule has 0 saturated carbocycles. The summed E-state index contributed by atoms with van der Waals surface area (Å²) < 4.78 is 3.36. The smallest absolute Gasteiger partial charge is 0.204 e. The van der Waals surface area contributed by atoms with Crippen LogP contribution >= 0.6 is 15.9 Å². The van der Waals surface area contributed by atoms with E-state index in [1.807, 2.05) is 6.07 Å². The summed E-state index contributed by atoms with van der Waals surface area (Å²) in [6.45, 7) is 3.94. The van der Waals surface area contributed by atoms with Crippen molar-refractivity contribution in [2.75, 3.05) is 5.32 Å². The standard InChI is InChI=1S/C17H18BrN3/c1-2-11-21-16-6-4-3-5-15(16)20-17(21)19-12-13-7-9-14(18)10-8-13/h3-10H,2,11-12H2,1H3,(H,19,20). The maximum atomic E-state index is 4.71. The van der Waals surface area contributed by atoms with Crippen LogP contribution in [0.4, 0.5) is 5.95 Å². The molecule has 3 aromatic rings. The summed E-state index contributed by atoms with van der Waals surface area (Å²) in [4.78, 5) is 4.71. The first-order valence-electron chi connectivity index (χ1n) is 7.21. The monoisotopic (exact) mass is 343 g/mol. The second kappa shape index (κ2) is 6.31. The molecule has 0 spiro atoms. The Labute approximate surface area is 133 Å². The third-order valence-corrected chi connectivity index (χ3v) is 3.99. The minimum absolute atomic E-state index is 0.778. The van der Waals surface area contributed by atoms with Crippen LogP contribution in [0, 0.1) is 0 Å². The number of benzene rings is 2. The molecule has 0 saturated heterocycles. The van der Waals surface area contributed by atoms with E-state index in [0.29, 0.717) is 0 Å². The predicted molar refractivity (Wildman–Crippen MR) is 91.5 cm³/mol. The van der Waals surface area contributed by atoms with Crippen LogP contribution in [0.3, 0.4) is 0 Å². The van der Waals surface area contributed by atoms with Gasteiger partial charge >= 0.3 is 0 Å². The molecule has 0 radical (unpaired) electrons. The van der Waals surface area contributed by atoms with Gasteiger partial charge in [-0.25, -0.2) is 4.98 Å². The van der Waals surface area contributed by atoms with Gasteiger partial charge in [-0.05, 0) is 36.2 Å². The molecule has 0 fully saturated rings. The van der Waals surface area contributed by atoms with Crippen molar-refractivity contribution in [2.24, 2.45) is 0 Å². The van der Waals surface area contributed by atoms with E-state index in [4.69, 9.17) is 4.98 Å². The molecule has 0 amide bonds. The molecule has 0 bridgehead atoms. The molecular weight excluding hydrogens is 326 g/mol. The molecule has 1 N–H and O–H groups in total. The van der Waals surface area contributed by atoms with Crippen LogP contribution in [0.2, 0.25) is 0 Å². The van der Waals surface area contributed by atoms with Gasteiger partial charge in [0.2, 0.25) is 5.95 Å². The highest BCUT2D eigenvalue weighted by Crippen LogP contribution is 2.20. The van der Waals surface area contributed by atoms with Gasteiger partial charge in [0, 0.05) is 17.6 Å². The maximum absolute atomic E-state index is 4.71. The Hall–Kier alpha value is -1.81. The molecule has 0 atom stereocenters. The van der Waals surface area contributed by atoms with E-state index in [9.17, 15) is 0 Å². The fraction of sp³-hybridized carbons (Fsp3) is 0.235. The molecule has 0 unspecified atom stereocenters. The lowest BCUT2D eigenvalue weighted by atomic mass is 10.2. The highest BCUT2D eigenvalue weighted by atomic mass is 79.9. The summed E-state index contributed by atoms with van der Waals surface area (Å²) >= 11 is 3.46. The number of anilines is 1. The first kappa shape index (κ1) is 14.1. The average Bonchev–Trinajstić information content (AvgIpc) is 2.85. The zero-order chi connectivity index (χ0) is 14.7. The predicted octanol–water partition coefficient (Wildman–Crippen LogP) is 4.82.